The Morgan fingerprint density at radius 2 is 2.10 bits per heavy atom. The summed E-state index contributed by atoms with van der Waals surface area (Å²) in [6, 6.07) is 0.254. The van der Waals surface area contributed by atoms with Gasteiger partial charge >= 0.3 is 0 Å². The molecule has 1 N–H and O–H groups in total. The predicted octanol–water partition coefficient (Wildman–Crippen LogP) is 5.52. The molecular weight excluding hydrogens is 593 g/mol. The molecule has 3 rings (SSSR count). The van der Waals surface area contributed by atoms with E-state index in [4.69, 9.17) is 9.73 Å². The summed E-state index contributed by atoms with van der Waals surface area (Å²) in [7, 11) is 0. The van der Waals surface area contributed by atoms with Gasteiger partial charge in [0.1, 0.15) is 27.4 Å². The molecule has 1 unspecified atom stereocenters. The number of rotatable bonds is 18. The van der Waals surface area contributed by atoms with Crippen LogP contribution in [0.25, 0.3) is 0 Å². The Hall–Kier alpha value is -2.18. The molecule has 1 aromatic heterocycles. The Bertz CT molecular complexity index is 1120. The van der Waals surface area contributed by atoms with Gasteiger partial charge in [-0.1, -0.05) is 50.4 Å². The van der Waals surface area contributed by atoms with Crippen LogP contribution in [0.1, 0.15) is 95.7 Å². The molecule has 3 atom stereocenters. The Morgan fingerprint density at radius 1 is 1.29 bits per heavy atom. The summed E-state index contributed by atoms with van der Waals surface area (Å²) in [5.41, 5.74) is -0.0574. The number of aliphatic imine (C=N–C) groups is 1. The Kier molecular flexibility index (Phi) is 14.6. The van der Waals surface area contributed by atoms with E-state index < -0.39 is 11.6 Å². The predicted molar refractivity (Wildman–Crippen MR) is 172 cm³/mol. The van der Waals surface area contributed by atoms with E-state index in [1.165, 1.54) is 42.4 Å². The first-order valence-electron chi connectivity index (χ1n) is 14.9. The maximum Gasteiger partial charge on any atom is 0.293 e. The molecule has 0 aliphatic carbocycles. The first-order valence-corrected chi connectivity index (χ1v) is 17.8. The largest absolute Gasteiger partial charge is 0.460 e. The average Bonchev–Trinajstić information content (AvgIpc) is 3.71. The van der Waals surface area contributed by atoms with Gasteiger partial charge in [0.15, 0.2) is 5.12 Å². The van der Waals surface area contributed by atoms with Crippen LogP contribution in [0.5, 0.6) is 0 Å². The summed E-state index contributed by atoms with van der Waals surface area (Å²) < 4.78 is 5.07. The molecule has 0 spiro atoms. The zero-order valence-electron chi connectivity index (χ0n) is 25.0. The van der Waals surface area contributed by atoms with Gasteiger partial charge in [-0.3, -0.25) is 24.2 Å². The molecule has 232 valence electrons. The van der Waals surface area contributed by atoms with Crippen LogP contribution in [0, 0.1) is 0 Å². The average molecular weight is 637 g/mol. The SMILES string of the molecule is CCCCCCCC(=O)SCC/C=C/C(CC(=O)NCc1nc(C2=N[C@](C)(C(=O)N3CCC[C@H]3C)CS2)cs1)OC=O. The first-order chi connectivity index (χ1) is 20.3. The highest BCUT2D eigenvalue weighted by Gasteiger charge is 2.43. The van der Waals surface area contributed by atoms with Crippen molar-refractivity contribution in [1.82, 2.24) is 15.2 Å². The minimum absolute atomic E-state index is 0.00471. The molecule has 1 aromatic rings. The van der Waals surface area contributed by atoms with Crippen molar-refractivity contribution in [3.63, 3.8) is 0 Å². The van der Waals surface area contributed by atoms with Gasteiger partial charge in [-0.2, -0.15) is 0 Å². The van der Waals surface area contributed by atoms with Crippen LogP contribution in [-0.4, -0.2) is 74.1 Å². The molecule has 0 radical (unpaired) electrons. The standard InChI is InChI=1S/C30H44N4O5S3/c1-4-5-6-7-8-14-27(37)40-16-10-9-13-23(39-21-35)17-25(36)31-18-26-32-24(19-41-26)28-33-30(3,20-42-28)29(38)34-15-11-12-22(34)2/h9,13,19,21-23H,4-8,10-12,14-18,20H2,1-3H3,(H,31,36)/b13-9+/t22-,23?,30+/m1/s1. The van der Waals surface area contributed by atoms with Crippen LogP contribution in [-0.2, 0) is 30.5 Å². The molecule has 1 fully saturated rings. The van der Waals surface area contributed by atoms with Gasteiger partial charge in [0.2, 0.25) is 5.91 Å². The number of carbonyl (C=O) groups excluding carboxylic acids is 4. The van der Waals surface area contributed by atoms with Crippen molar-refractivity contribution in [1.29, 1.82) is 0 Å². The molecule has 3 heterocycles. The highest BCUT2D eigenvalue weighted by atomic mass is 32.2. The van der Waals surface area contributed by atoms with E-state index in [9.17, 15) is 19.2 Å². The number of unbranched alkanes of at least 4 members (excludes halogenated alkanes) is 4. The molecular formula is C30H44N4O5S3. The number of hydrogen-bond acceptors (Lipinski definition) is 10. The van der Waals surface area contributed by atoms with Crippen LogP contribution in [0.4, 0.5) is 0 Å². The number of thioether (sulfide) groups is 2. The minimum Gasteiger partial charge on any atom is -0.460 e. The molecule has 0 saturated carbocycles. The Balaban J connectivity index is 1.39. The molecule has 0 bridgehead atoms. The molecule has 2 amide bonds. The third-order valence-corrected chi connectivity index (χ3v) is 10.4. The van der Waals surface area contributed by atoms with Crippen LogP contribution >= 0.6 is 34.9 Å². The number of carbonyl (C=O) groups is 4. The number of ether oxygens (including phenoxy) is 1. The van der Waals surface area contributed by atoms with Crippen molar-refractivity contribution in [3.05, 3.63) is 28.2 Å². The second-order valence-corrected chi connectivity index (χ2v) is 14.0. The summed E-state index contributed by atoms with van der Waals surface area (Å²) in [5.74, 6) is 1.07. The number of nitrogens with zero attached hydrogens (tertiary/aromatic N) is 3. The molecule has 12 heteroatoms. The third kappa shape index (κ3) is 10.8. The minimum atomic E-state index is -0.778. The Labute approximate surface area is 262 Å². The Morgan fingerprint density at radius 3 is 2.83 bits per heavy atom. The second-order valence-electron chi connectivity index (χ2n) is 10.9. The molecule has 9 nitrogen and oxygen atoms in total. The first kappa shape index (κ1) is 34.3. The number of allylic oxidation sites excluding steroid dienone is 1. The van der Waals surface area contributed by atoms with Gasteiger partial charge in [0.05, 0.1) is 13.0 Å². The van der Waals surface area contributed by atoms with Gasteiger partial charge in [0.25, 0.3) is 12.4 Å². The summed E-state index contributed by atoms with van der Waals surface area (Å²) in [6.07, 6.45) is 11.8. The highest BCUT2D eigenvalue weighted by Crippen LogP contribution is 2.34. The van der Waals surface area contributed by atoms with Crippen molar-refractivity contribution in [2.75, 3.05) is 18.1 Å². The summed E-state index contributed by atoms with van der Waals surface area (Å²) >= 11 is 4.30. The molecule has 2 aliphatic rings. The topological polar surface area (TPSA) is 118 Å². The van der Waals surface area contributed by atoms with Crippen LogP contribution in [0.3, 0.4) is 0 Å². The van der Waals surface area contributed by atoms with E-state index in [-0.39, 0.29) is 35.9 Å². The quantitative estimate of drug-likeness (QED) is 0.127. The van der Waals surface area contributed by atoms with E-state index in [1.54, 1.807) is 17.8 Å². The highest BCUT2D eigenvalue weighted by molar-refractivity contribution is 8.14. The van der Waals surface area contributed by atoms with Crippen molar-refractivity contribution in [3.8, 4) is 0 Å². The maximum absolute atomic E-state index is 13.1. The number of aromatic nitrogens is 1. The van der Waals surface area contributed by atoms with Crippen LogP contribution in [0.2, 0.25) is 0 Å². The smallest absolute Gasteiger partial charge is 0.293 e. The molecule has 42 heavy (non-hydrogen) atoms. The summed E-state index contributed by atoms with van der Waals surface area (Å²) in [6.45, 7) is 7.54. The lowest BCUT2D eigenvalue weighted by molar-refractivity contribution is -0.136. The monoisotopic (exact) mass is 636 g/mol. The zero-order valence-corrected chi connectivity index (χ0v) is 27.4. The number of hydrogen-bond donors (Lipinski definition) is 1. The van der Waals surface area contributed by atoms with Gasteiger partial charge in [0, 0.05) is 35.9 Å². The van der Waals surface area contributed by atoms with E-state index in [0.717, 1.165) is 48.0 Å². The van der Waals surface area contributed by atoms with E-state index in [1.807, 2.05) is 23.3 Å². The van der Waals surface area contributed by atoms with E-state index >= 15 is 0 Å². The number of thiazole rings is 1. The second kappa shape index (κ2) is 17.8. The zero-order chi connectivity index (χ0) is 30.4. The summed E-state index contributed by atoms with van der Waals surface area (Å²) in [5, 5.41) is 6.43. The van der Waals surface area contributed by atoms with E-state index in [0.29, 0.717) is 30.8 Å². The number of likely N-dealkylation sites (tertiary alicyclic amines) is 1. The maximum atomic E-state index is 13.1. The fourth-order valence-electron chi connectivity index (χ4n) is 4.87. The van der Waals surface area contributed by atoms with Crippen LogP contribution in [0.15, 0.2) is 22.5 Å². The number of nitrogens with one attached hydrogen (secondary N) is 1. The summed E-state index contributed by atoms with van der Waals surface area (Å²) in [4.78, 5) is 60.0. The third-order valence-electron chi connectivity index (χ3n) is 7.32. The fourth-order valence-corrected chi connectivity index (χ4v) is 7.56. The lowest BCUT2D eigenvalue weighted by atomic mass is 10.0. The van der Waals surface area contributed by atoms with Gasteiger partial charge in [-0.15, -0.1) is 23.1 Å². The van der Waals surface area contributed by atoms with Crippen LogP contribution < -0.4 is 5.32 Å². The fraction of sp³-hybridized carbons (Fsp3) is 0.667. The van der Waals surface area contributed by atoms with E-state index in [2.05, 4.69) is 24.1 Å². The molecule has 1 saturated heterocycles. The van der Waals surface area contributed by atoms with Crippen molar-refractivity contribution in [2.24, 2.45) is 4.99 Å². The van der Waals surface area contributed by atoms with Crippen molar-refractivity contribution < 1.29 is 23.9 Å². The van der Waals surface area contributed by atoms with Gasteiger partial charge in [-0.25, -0.2) is 4.98 Å². The lowest BCUT2D eigenvalue weighted by Crippen LogP contribution is -2.47. The van der Waals surface area contributed by atoms with Crippen molar-refractivity contribution in [2.45, 2.75) is 109 Å². The normalized spacial score (nSPS) is 21.0. The van der Waals surface area contributed by atoms with Gasteiger partial charge < -0.3 is 15.0 Å². The molecule has 2 aliphatic heterocycles. The molecule has 0 aromatic carbocycles. The van der Waals surface area contributed by atoms with Crippen molar-refractivity contribution >= 4 is 63.3 Å². The number of amides is 2. The lowest BCUT2D eigenvalue weighted by Gasteiger charge is -2.29. The van der Waals surface area contributed by atoms with Gasteiger partial charge in [-0.05, 0) is 45.6 Å².